The molecule has 14 heavy (non-hydrogen) atoms. The van der Waals surface area contributed by atoms with Crippen LogP contribution in [0.25, 0.3) is 0 Å². The van der Waals surface area contributed by atoms with Gasteiger partial charge in [0.2, 0.25) is 0 Å². The molecule has 0 aromatic heterocycles. The topological polar surface area (TPSA) is 94.8 Å². The highest BCUT2D eigenvalue weighted by Gasteiger charge is 2.39. The molecule has 3 N–H and O–H groups in total. The lowest BCUT2D eigenvalue weighted by molar-refractivity contribution is -0.160. The van der Waals surface area contributed by atoms with E-state index in [1.807, 2.05) is 0 Å². The van der Waals surface area contributed by atoms with Crippen LogP contribution in [-0.4, -0.2) is 33.4 Å². The van der Waals surface area contributed by atoms with E-state index in [9.17, 15) is 14.7 Å². The van der Waals surface area contributed by atoms with Crippen molar-refractivity contribution < 1.29 is 24.9 Å². The molecule has 80 valence electrons. The molecule has 1 fully saturated rings. The largest absolute Gasteiger partial charge is 0.481 e. The van der Waals surface area contributed by atoms with E-state index in [0.29, 0.717) is 12.8 Å². The third-order valence-corrected chi connectivity index (χ3v) is 2.74. The summed E-state index contributed by atoms with van der Waals surface area (Å²) in [6.45, 7) is 0. The zero-order valence-corrected chi connectivity index (χ0v) is 7.72. The minimum atomic E-state index is -1.47. The van der Waals surface area contributed by atoms with E-state index in [0.717, 1.165) is 12.8 Å². The van der Waals surface area contributed by atoms with Crippen LogP contribution in [0.4, 0.5) is 0 Å². The molecule has 0 saturated heterocycles. The molecule has 0 spiro atoms. The molecule has 1 aliphatic rings. The Kier molecular flexibility index (Phi) is 3.46. The fraction of sp³-hybridized carbons (Fsp3) is 0.778. The van der Waals surface area contributed by atoms with Crippen LogP contribution in [0.15, 0.2) is 0 Å². The Hall–Kier alpha value is -1.10. The summed E-state index contributed by atoms with van der Waals surface area (Å²) in [5, 5.41) is 27.0. The van der Waals surface area contributed by atoms with Gasteiger partial charge >= 0.3 is 11.9 Å². The van der Waals surface area contributed by atoms with E-state index in [1.165, 1.54) is 0 Å². The van der Waals surface area contributed by atoms with Crippen LogP contribution in [0.3, 0.4) is 0 Å². The minimum Gasteiger partial charge on any atom is -0.481 e. The van der Waals surface area contributed by atoms with Gasteiger partial charge in [0.25, 0.3) is 0 Å². The third kappa shape index (κ3) is 2.23. The van der Waals surface area contributed by atoms with E-state index in [2.05, 4.69) is 0 Å². The lowest BCUT2D eigenvalue weighted by atomic mass is 9.78. The molecule has 0 aliphatic heterocycles. The van der Waals surface area contributed by atoms with Gasteiger partial charge in [0.05, 0.1) is 6.10 Å². The maximum absolute atomic E-state index is 10.7. The van der Waals surface area contributed by atoms with Crippen molar-refractivity contribution in [2.24, 2.45) is 11.8 Å². The first-order valence-electron chi connectivity index (χ1n) is 4.67. The van der Waals surface area contributed by atoms with E-state index in [-0.39, 0.29) is 0 Å². The Balaban J connectivity index is 2.75. The van der Waals surface area contributed by atoms with Crippen LogP contribution < -0.4 is 0 Å². The molecule has 0 aromatic carbocycles. The minimum absolute atomic E-state index is 0.477. The number of hydrogen-bond donors (Lipinski definition) is 3. The van der Waals surface area contributed by atoms with Crippen LogP contribution in [0, 0.1) is 11.8 Å². The molecule has 0 amide bonds. The van der Waals surface area contributed by atoms with Crippen LogP contribution in [0.5, 0.6) is 0 Å². The second-order valence-corrected chi connectivity index (χ2v) is 3.67. The van der Waals surface area contributed by atoms with Crippen molar-refractivity contribution in [2.75, 3.05) is 0 Å². The monoisotopic (exact) mass is 202 g/mol. The maximum Gasteiger partial charge on any atom is 0.318 e. The smallest absolute Gasteiger partial charge is 0.318 e. The highest BCUT2D eigenvalue weighted by atomic mass is 16.4. The number of aliphatic hydroxyl groups is 1. The average Bonchev–Trinajstić information content (AvgIpc) is 2.07. The van der Waals surface area contributed by atoms with Crippen molar-refractivity contribution >= 4 is 11.9 Å². The number of rotatable bonds is 3. The Morgan fingerprint density at radius 1 is 1.07 bits per heavy atom. The summed E-state index contributed by atoms with van der Waals surface area (Å²) in [5.74, 6) is -4.82. The molecule has 1 rings (SSSR count). The van der Waals surface area contributed by atoms with Gasteiger partial charge < -0.3 is 15.3 Å². The van der Waals surface area contributed by atoms with Crippen molar-refractivity contribution in [3.8, 4) is 0 Å². The van der Waals surface area contributed by atoms with Gasteiger partial charge in [0.1, 0.15) is 0 Å². The highest BCUT2D eigenvalue weighted by Crippen LogP contribution is 2.30. The van der Waals surface area contributed by atoms with E-state index < -0.39 is 29.9 Å². The van der Waals surface area contributed by atoms with E-state index >= 15 is 0 Å². The highest BCUT2D eigenvalue weighted by molar-refractivity contribution is 5.93. The molecule has 0 radical (unpaired) electrons. The lowest BCUT2D eigenvalue weighted by Gasteiger charge is -2.29. The summed E-state index contributed by atoms with van der Waals surface area (Å²) in [6.07, 6.45) is 1.81. The maximum atomic E-state index is 10.7. The van der Waals surface area contributed by atoms with Gasteiger partial charge in [-0.15, -0.1) is 0 Å². The molecular weight excluding hydrogens is 188 g/mol. The van der Waals surface area contributed by atoms with Crippen molar-refractivity contribution in [3.05, 3.63) is 0 Å². The molecule has 2 unspecified atom stereocenters. The van der Waals surface area contributed by atoms with E-state index in [4.69, 9.17) is 10.2 Å². The first-order valence-corrected chi connectivity index (χ1v) is 4.67. The predicted molar refractivity (Wildman–Crippen MR) is 46.7 cm³/mol. The Labute approximate surface area is 81.4 Å². The van der Waals surface area contributed by atoms with Crippen molar-refractivity contribution in [1.82, 2.24) is 0 Å². The Morgan fingerprint density at radius 2 is 1.57 bits per heavy atom. The van der Waals surface area contributed by atoms with Gasteiger partial charge in [-0.05, 0) is 12.8 Å². The molecule has 1 aliphatic carbocycles. The van der Waals surface area contributed by atoms with Crippen LogP contribution in [0.2, 0.25) is 0 Å². The standard InChI is InChI=1S/C9H14O5/c10-6-4-2-1-3-5(6)7(8(11)12)9(13)14/h5-7,10H,1-4H2,(H,11,12)(H,13,14). The number of hydrogen-bond acceptors (Lipinski definition) is 3. The summed E-state index contributed by atoms with van der Waals surface area (Å²) < 4.78 is 0. The van der Waals surface area contributed by atoms with Gasteiger partial charge in [-0.3, -0.25) is 9.59 Å². The lowest BCUT2D eigenvalue weighted by Crippen LogP contribution is -2.39. The summed E-state index contributed by atoms with van der Waals surface area (Å²) in [6, 6.07) is 0. The first kappa shape index (κ1) is 11.0. The van der Waals surface area contributed by atoms with E-state index in [1.54, 1.807) is 0 Å². The number of carbonyl (C=O) groups is 2. The van der Waals surface area contributed by atoms with Gasteiger partial charge in [0, 0.05) is 5.92 Å². The molecule has 5 nitrogen and oxygen atoms in total. The molecule has 5 heteroatoms. The molecule has 0 heterocycles. The molecule has 1 saturated carbocycles. The van der Waals surface area contributed by atoms with Gasteiger partial charge in [-0.1, -0.05) is 12.8 Å². The van der Waals surface area contributed by atoms with Gasteiger partial charge in [-0.2, -0.15) is 0 Å². The summed E-state index contributed by atoms with van der Waals surface area (Å²) in [4.78, 5) is 21.4. The number of aliphatic carboxylic acids is 2. The van der Waals surface area contributed by atoms with Gasteiger partial charge in [-0.25, -0.2) is 0 Å². The van der Waals surface area contributed by atoms with Crippen LogP contribution in [-0.2, 0) is 9.59 Å². The summed E-state index contributed by atoms with van der Waals surface area (Å²) >= 11 is 0. The quantitative estimate of drug-likeness (QED) is 0.573. The van der Waals surface area contributed by atoms with Crippen LogP contribution in [0.1, 0.15) is 25.7 Å². The number of carboxylic acids is 2. The number of aliphatic hydroxyl groups excluding tert-OH is 1. The molecular formula is C9H14O5. The molecule has 0 aromatic rings. The van der Waals surface area contributed by atoms with Crippen molar-refractivity contribution in [2.45, 2.75) is 31.8 Å². The average molecular weight is 202 g/mol. The first-order chi connectivity index (χ1) is 6.54. The summed E-state index contributed by atoms with van der Waals surface area (Å²) in [5.41, 5.74) is 0. The second kappa shape index (κ2) is 4.41. The predicted octanol–water partition coefficient (Wildman–Crippen LogP) is 0.323. The Bertz CT molecular complexity index is 223. The third-order valence-electron chi connectivity index (χ3n) is 2.74. The fourth-order valence-corrected chi connectivity index (χ4v) is 2.00. The fourth-order valence-electron chi connectivity index (χ4n) is 2.00. The molecule has 2 atom stereocenters. The van der Waals surface area contributed by atoms with Gasteiger partial charge in [0.15, 0.2) is 5.92 Å². The molecule has 0 bridgehead atoms. The van der Waals surface area contributed by atoms with Crippen molar-refractivity contribution in [1.29, 1.82) is 0 Å². The Morgan fingerprint density at radius 3 is 2.00 bits per heavy atom. The van der Waals surface area contributed by atoms with Crippen molar-refractivity contribution in [3.63, 3.8) is 0 Å². The summed E-state index contributed by atoms with van der Waals surface area (Å²) in [7, 11) is 0. The second-order valence-electron chi connectivity index (χ2n) is 3.67. The van der Waals surface area contributed by atoms with Crippen LogP contribution >= 0.6 is 0 Å². The number of carboxylic acid groups (broad SMARTS) is 2. The zero-order chi connectivity index (χ0) is 10.7. The SMILES string of the molecule is O=C(O)C(C(=O)O)C1CCCCC1O. The zero-order valence-electron chi connectivity index (χ0n) is 7.72. The normalized spacial score (nSPS) is 27.6.